The molecule has 0 bridgehead atoms. The lowest BCUT2D eigenvalue weighted by Gasteiger charge is -2.33. The third-order valence-electron chi connectivity index (χ3n) is 5.98. The van der Waals surface area contributed by atoms with Gasteiger partial charge in [0.05, 0.1) is 16.7 Å². The number of aromatic nitrogens is 4. The Morgan fingerprint density at radius 1 is 1.33 bits per heavy atom. The highest BCUT2D eigenvalue weighted by atomic mass is 32.1. The molecular formula is C21H16F3N5O3S. The van der Waals surface area contributed by atoms with E-state index in [0.29, 0.717) is 34.7 Å². The average Bonchev–Trinajstić information content (AvgIpc) is 3.24. The van der Waals surface area contributed by atoms with E-state index in [1.807, 2.05) is 0 Å². The van der Waals surface area contributed by atoms with Crippen LogP contribution >= 0.6 is 11.3 Å². The summed E-state index contributed by atoms with van der Waals surface area (Å²) in [6, 6.07) is 3.75. The number of nitrogens with one attached hydrogen (secondary N) is 1. The highest BCUT2D eigenvalue weighted by molar-refractivity contribution is 7.18. The topological polar surface area (TPSA) is 108 Å². The largest absolute Gasteiger partial charge is 0.432 e. The molecule has 3 aromatic heterocycles. The molecule has 1 saturated carbocycles. The number of hydrogen-bond acceptors (Lipinski definition) is 7. The van der Waals surface area contributed by atoms with Crippen molar-refractivity contribution in [3.8, 4) is 0 Å². The van der Waals surface area contributed by atoms with Gasteiger partial charge in [-0.2, -0.15) is 0 Å². The Morgan fingerprint density at radius 2 is 2.15 bits per heavy atom. The van der Waals surface area contributed by atoms with E-state index in [-0.39, 0.29) is 18.0 Å². The van der Waals surface area contributed by atoms with Crippen molar-refractivity contribution in [3.05, 3.63) is 64.1 Å². The number of halogens is 3. The van der Waals surface area contributed by atoms with Crippen LogP contribution in [-0.4, -0.2) is 42.4 Å². The van der Waals surface area contributed by atoms with Gasteiger partial charge in [0.2, 0.25) is 11.7 Å². The highest BCUT2D eigenvalue weighted by Gasteiger charge is 2.49. The minimum Gasteiger partial charge on any atom is -0.432 e. The first-order valence-corrected chi connectivity index (χ1v) is 11.1. The molecule has 2 aliphatic rings. The zero-order valence-electron chi connectivity index (χ0n) is 16.9. The molecule has 4 aromatic rings. The van der Waals surface area contributed by atoms with Gasteiger partial charge in [-0.1, -0.05) is 6.07 Å². The number of fused-ring (bicyclic) bond motifs is 2. The van der Waals surface area contributed by atoms with Crippen molar-refractivity contribution >= 4 is 27.5 Å². The molecule has 1 aliphatic heterocycles. The van der Waals surface area contributed by atoms with Crippen LogP contribution in [0.2, 0.25) is 0 Å². The Bertz CT molecular complexity index is 1390. The van der Waals surface area contributed by atoms with E-state index in [0.717, 1.165) is 5.69 Å². The summed E-state index contributed by atoms with van der Waals surface area (Å²) < 4.78 is 47.8. The van der Waals surface area contributed by atoms with Crippen LogP contribution in [0.4, 0.5) is 13.2 Å². The summed E-state index contributed by atoms with van der Waals surface area (Å²) in [7, 11) is 0. The molecule has 1 aliphatic carbocycles. The van der Waals surface area contributed by atoms with Crippen LogP contribution in [0.15, 0.2) is 28.9 Å². The molecule has 1 amide bonds. The van der Waals surface area contributed by atoms with Crippen LogP contribution in [-0.2, 0) is 12.0 Å². The first-order chi connectivity index (χ1) is 15.9. The third kappa shape index (κ3) is 3.16. The number of rotatable bonds is 4. The van der Waals surface area contributed by atoms with Crippen LogP contribution in [0.25, 0.3) is 10.2 Å². The van der Waals surface area contributed by atoms with Gasteiger partial charge in [-0.25, -0.2) is 28.1 Å². The van der Waals surface area contributed by atoms with Gasteiger partial charge < -0.3 is 19.4 Å². The number of thiazole rings is 1. The molecule has 170 valence electrons. The van der Waals surface area contributed by atoms with Gasteiger partial charge >= 0.3 is 0 Å². The van der Waals surface area contributed by atoms with Crippen molar-refractivity contribution in [2.75, 3.05) is 6.54 Å². The predicted molar refractivity (Wildman–Crippen MR) is 109 cm³/mol. The smallest absolute Gasteiger partial charge is 0.292 e. The average molecular weight is 475 g/mol. The van der Waals surface area contributed by atoms with Crippen LogP contribution in [0.1, 0.15) is 63.8 Å². The van der Waals surface area contributed by atoms with E-state index in [1.165, 1.54) is 28.6 Å². The molecule has 12 heteroatoms. The second kappa shape index (κ2) is 7.12. The summed E-state index contributed by atoms with van der Waals surface area (Å²) >= 11 is 1.20. The number of alkyl halides is 2. The van der Waals surface area contributed by atoms with Gasteiger partial charge in [0.1, 0.15) is 28.0 Å². The SMILES string of the molecule is O=C(c1oc(C2(O)CC2)nc1C(F)F)N1CCc2[nH]cnc2[C@H]1c1nc2c(F)cccc2s1. The molecule has 0 unspecified atom stereocenters. The van der Waals surface area contributed by atoms with Crippen LogP contribution < -0.4 is 0 Å². The third-order valence-corrected chi connectivity index (χ3v) is 7.06. The quantitative estimate of drug-likeness (QED) is 0.464. The first-order valence-electron chi connectivity index (χ1n) is 10.3. The summed E-state index contributed by atoms with van der Waals surface area (Å²) in [5.41, 5.74) is -0.767. The monoisotopic (exact) mass is 475 g/mol. The number of carbonyl (C=O) groups excluding carboxylic acids is 1. The summed E-state index contributed by atoms with van der Waals surface area (Å²) in [4.78, 5) is 30.4. The lowest BCUT2D eigenvalue weighted by molar-refractivity contribution is 0.0627. The van der Waals surface area contributed by atoms with Gasteiger partial charge in [-0.05, 0) is 25.0 Å². The fourth-order valence-corrected chi connectivity index (χ4v) is 5.19. The molecule has 33 heavy (non-hydrogen) atoms. The lowest BCUT2D eigenvalue weighted by Crippen LogP contribution is -2.41. The van der Waals surface area contributed by atoms with Crippen molar-refractivity contribution in [1.29, 1.82) is 0 Å². The van der Waals surface area contributed by atoms with Gasteiger partial charge in [-0.15, -0.1) is 11.3 Å². The normalized spacial score (nSPS) is 19.3. The number of aromatic amines is 1. The van der Waals surface area contributed by atoms with E-state index in [4.69, 9.17) is 4.42 Å². The van der Waals surface area contributed by atoms with Gasteiger partial charge in [0, 0.05) is 18.7 Å². The summed E-state index contributed by atoms with van der Waals surface area (Å²) in [5.74, 6) is -2.20. The number of benzene rings is 1. The summed E-state index contributed by atoms with van der Waals surface area (Å²) in [6.07, 6.45) is -0.524. The molecule has 1 atom stereocenters. The van der Waals surface area contributed by atoms with Gasteiger partial charge in [-0.3, -0.25) is 4.79 Å². The minimum atomic E-state index is -3.07. The second-order valence-corrected chi connectivity index (χ2v) is 9.18. The lowest BCUT2D eigenvalue weighted by atomic mass is 10.0. The standard InChI is InChI=1S/C21H16F3N5O3S/c22-9-2-1-3-11-12(9)27-18(33-11)15-13-10(25-8-26-13)4-7-29(15)19(30)16-14(17(23)24)28-20(32-16)21(31)5-6-21/h1-3,8,15,17,31H,4-7H2,(H,25,26)/t15-/m0/s1. The maximum absolute atomic E-state index is 14.3. The fourth-order valence-electron chi connectivity index (χ4n) is 4.09. The van der Waals surface area contributed by atoms with Crippen molar-refractivity contribution in [3.63, 3.8) is 0 Å². The first kappa shape index (κ1) is 20.4. The molecule has 0 radical (unpaired) electrons. The molecule has 1 aromatic carbocycles. The number of carbonyl (C=O) groups is 1. The molecule has 4 heterocycles. The van der Waals surface area contributed by atoms with Crippen molar-refractivity contribution in [1.82, 2.24) is 24.8 Å². The van der Waals surface area contributed by atoms with Crippen molar-refractivity contribution < 1.29 is 27.5 Å². The fraction of sp³-hybridized carbons (Fsp3) is 0.333. The summed E-state index contributed by atoms with van der Waals surface area (Å²) in [6.45, 7) is 0.167. The molecule has 0 spiro atoms. The molecule has 8 nitrogen and oxygen atoms in total. The predicted octanol–water partition coefficient (Wildman–Crippen LogP) is 3.85. The Balaban J connectivity index is 1.46. The zero-order chi connectivity index (χ0) is 22.9. The molecule has 0 saturated heterocycles. The van der Waals surface area contributed by atoms with Gasteiger partial charge in [0.25, 0.3) is 12.3 Å². The Labute approximate surface area is 188 Å². The Morgan fingerprint density at radius 3 is 2.88 bits per heavy atom. The van der Waals surface area contributed by atoms with E-state index in [1.54, 1.807) is 12.1 Å². The van der Waals surface area contributed by atoms with Crippen LogP contribution in [0.3, 0.4) is 0 Å². The van der Waals surface area contributed by atoms with Crippen LogP contribution in [0, 0.1) is 5.82 Å². The number of aliphatic hydroxyl groups is 1. The number of para-hydroxylation sites is 1. The summed E-state index contributed by atoms with van der Waals surface area (Å²) in [5, 5.41) is 10.7. The highest BCUT2D eigenvalue weighted by Crippen LogP contribution is 2.46. The Kier molecular flexibility index (Phi) is 4.40. The number of amides is 1. The van der Waals surface area contributed by atoms with Gasteiger partial charge in [0.15, 0.2) is 5.69 Å². The Hall–Kier alpha value is -3.25. The number of oxazole rings is 1. The second-order valence-electron chi connectivity index (χ2n) is 8.12. The number of hydrogen-bond donors (Lipinski definition) is 2. The molecular weight excluding hydrogens is 459 g/mol. The number of nitrogens with zero attached hydrogens (tertiary/aromatic N) is 4. The van der Waals surface area contributed by atoms with E-state index < -0.39 is 41.2 Å². The number of H-pyrrole nitrogens is 1. The van der Waals surface area contributed by atoms with Crippen molar-refractivity contribution in [2.24, 2.45) is 0 Å². The molecule has 2 N–H and O–H groups in total. The minimum absolute atomic E-state index is 0.165. The molecule has 1 fully saturated rings. The number of imidazole rings is 1. The zero-order valence-corrected chi connectivity index (χ0v) is 17.7. The molecule has 6 rings (SSSR count). The van der Waals surface area contributed by atoms with Crippen LogP contribution in [0.5, 0.6) is 0 Å². The van der Waals surface area contributed by atoms with E-state index >= 15 is 0 Å². The van der Waals surface area contributed by atoms with Crippen molar-refractivity contribution in [2.45, 2.75) is 37.3 Å². The van der Waals surface area contributed by atoms with E-state index in [2.05, 4.69) is 19.9 Å². The maximum Gasteiger partial charge on any atom is 0.292 e. The van der Waals surface area contributed by atoms with E-state index in [9.17, 15) is 23.1 Å². The maximum atomic E-state index is 14.3.